The summed E-state index contributed by atoms with van der Waals surface area (Å²) in [6.07, 6.45) is 7.43. The number of para-hydroxylation sites is 2. The zero-order chi connectivity index (χ0) is 18.3. The monoisotopic (exact) mass is 364 g/mol. The van der Waals surface area contributed by atoms with Crippen LogP contribution in [0.1, 0.15) is 12.8 Å². The quantitative estimate of drug-likeness (QED) is 0.596. The second-order valence-electron chi connectivity index (χ2n) is 6.63. The Labute approximate surface area is 159 Å². The predicted octanol–water partition coefficient (Wildman–Crippen LogP) is 2.40. The van der Waals surface area contributed by atoms with Gasteiger partial charge in [0.25, 0.3) is 0 Å². The maximum absolute atomic E-state index is 5.76. The molecule has 1 fully saturated rings. The molecule has 0 aliphatic carbocycles. The molecule has 0 radical (unpaired) electrons. The van der Waals surface area contributed by atoms with Crippen LogP contribution >= 0.6 is 0 Å². The first-order chi connectivity index (χ1) is 13.4. The number of hydrogen-bond donors (Lipinski definition) is 0. The molecule has 0 amide bonds. The number of fused-ring (bicyclic) bond motifs is 1. The van der Waals surface area contributed by atoms with Crippen LogP contribution in [0.5, 0.6) is 5.88 Å². The molecule has 7 heteroatoms. The Balaban J connectivity index is 1.14. The van der Waals surface area contributed by atoms with Gasteiger partial charge in [-0.2, -0.15) is 0 Å². The van der Waals surface area contributed by atoms with Gasteiger partial charge in [0, 0.05) is 38.6 Å². The van der Waals surface area contributed by atoms with E-state index in [-0.39, 0.29) is 0 Å². The standard InChI is InChI=1S/C20H24N6O/c1-2-7-18-17(6-1)23-16-19(24-18)27-15-4-3-10-25-11-13-26(14-12-25)20-21-8-5-9-22-20/h1-2,5-9,16H,3-4,10-15H2. The molecule has 0 unspecified atom stereocenters. The average molecular weight is 364 g/mol. The van der Waals surface area contributed by atoms with Crippen LogP contribution in [-0.2, 0) is 0 Å². The molecule has 1 aliphatic heterocycles. The average Bonchev–Trinajstić information content (AvgIpc) is 2.74. The van der Waals surface area contributed by atoms with E-state index in [2.05, 4.69) is 29.7 Å². The van der Waals surface area contributed by atoms with Crippen LogP contribution in [0.15, 0.2) is 48.9 Å². The van der Waals surface area contributed by atoms with Gasteiger partial charge in [-0.25, -0.2) is 19.9 Å². The Morgan fingerprint density at radius 1 is 0.852 bits per heavy atom. The van der Waals surface area contributed by atoms with Crippen LogP contribution in [-0.4, -0.2) is 64.2 Å². The minimum atomic E-state index is 0.602. The first kappa shape index (κ1) is 17.6. The second-order valence-corrected chi connectivity index (χ2v) is 6.63. The summed E-state index contributed by atoms with van der Waals surface area (Å²) in [4.78, 5) is 22.3. The highest BCUT2D eigenvalue weighted by molar-refractivity contribution is 5.73. The van der Waals surface area contributed by atoms with Crippen molar-refractivity contribution in [3.8, 4) is 5.88 Å². The largest absolute Gasteiger partial charge is 0.477 e. The van der Waals surface area contributed by atoms with E-state index in [4.69, 9.17) is 4.74 Å². The summed E-state index contributed by atoms with van der Waals surface area (Å²) in [5.74, 6) is 1.44. The summed E-state index contributed by atoms with van der Waals surface area (Å²) in [5, 5.41) is 0. The minimum Gasteiger partial charge on any atom is -0.477 e. The van der Waals surface area contributed by atoms with Crippen molar-refractivity contribution in [3.63, 3.8) is 0 Å². The van der Waals surface area contributed by atoms with Gasteiger partial charge in [-0.05, 0) is 37.6 Å². The summed E-state index contributed by atoms with van der Waals surface area (Å²) >= 11 is 0. The molecule has 3 heterocycles. The molecule has 0 bridgehead atoms. The van der Waals surface area contributed by atoms with E-state index in [0.717, 1.165) is 62.5 Å². The minimum absolute atomic E-state index is 0.602. The van der Waals surface area contributed by atoms with Crippen LogP contribution in [0.4, 0.5) is 5.95 Å². The summed E-state index contributed by atoms with van der Waals surface area (Å²) < 4.78 is 5.76. The molecule has 0 saturated carbocycles. The molecule has 4 rings (SSSR count). The lowest BCUT2D eigenvalue weighted by molar-refractivity contribution is 0.236. The second kappa shape index (κ2) is 8.73. The van der Waals surface area contributed by atoms with Gasteiger partial charge in [0.1, 0.15) is 0 Å². The molecule has 1 aliphatic rings. The molecule has 0 atom stereocenters. The number of nitrogens with zero attached hydrogens (tertiary/aromatic N) is 6. The Morgan fingerprint density at radius 3 is 2.44 bits per heavy atom. The Bertz CT molecular complexity index is 851. The highest BCUT2D eigenvalue weighted by atomic mass is 16.5. The van der Waals surface area contributed by atoms with Gasteiger partial charge >= 0.3 is 0 Å². The molecular formula is C20H24N6O. The van der Waals surface area contributed by atoms with Gasteiger partial charge in [0.15, 0.2) is 0 Å². The number of anilines is 1. The number of ether oxygens (including phenoxy) is 1. The summed E-state index contributed by atoms with van der Waals surface area (Å²) in [5.41, 5.74) is 1.76. The summed E-state index contributed by atoms with van der Waals surface area (Å²) in [6.45, 7) is 5.83. The van der Waals surface area contributed by atoms with Crippen LogP contribution in [0.2, 0.25) is 0 Å². The SMILES string of the molecule is c1cnc(N2CCN(CCCCOc3cnc4ccccc4n3)CC2)nc1. The molecular weight excluding hydrogens is 340 g/mol. The summed E-state index contributed by atoms with van der Waals surface area (Å²) in [6, 6.07) is 9.69. The smallest absolute Gasteiger partial charge is 0.232 e. The van der Waals surface area contributed by atoms with Crippen LogP contribution in [0.25, 0.3) is 11.0 Å². The molecule has 7 nitrogen and oxygen atoms in total. The topological polar surface area (TPSA) is 67.3 Å². The molecule has 2 aromatic heterocycles. The lowest BCUT2D eigenvalue weighted by atomic mass is 10.2. The van der Waals surface area contributed by atoms with Crippen LogP contribution in [0, 0.1) is 0 Å². The van der Waals surface area contributed by atoms with E-state index < -0.39 is 0 Å². The molecule has 1 aromatic carbocycles. The highest BCUT2D eigenvalue weighted by Crippen LogP contribution is 2.14. The maximum atomic E-state index is 5.76. The van der Waals surface area contributed by atoms with Crippen LogP contribution in [0.3, 0.4) is 0 Å². The first-order valence-corrected chi connectivity index (χ1v) is 9.47. The third-order valence-electron chi connectivity index (χ3n) is 4.75. The van der Waals surface area contributed by atoms with E-state index in [1.807, 2.05) is 30.3 Å². The zero-order valence-electron chi connectivity index (χ0n) is 15.4. The zero-order valence-corrected chi connectivity index (χ0v) is 15.4. The van der Waals surface area contributed by atoms with Crippen molar-refractivity contribution in [2.45, 2.75) is 12.8 Å². The van der Waals surface area contributed by atoms with Gasteiger partial charge in [-0.1, -0.05) is 12.1 Å². The number of rotatable bonds is 7. The Hall–Kier alpha value is -2.80. The fraction of sp³-hybridized carbons (Fsp3) is 0.400. The predicted molar refractivity (Wildman–Crippen MR) is 105 cm³/mol. The van der Waals surface area contributed by atoms with Crippen molar-refractivity contribution >= 4 is 17.0 Å². The van der Waals surface area contributed by atoms with E-state index in [1.165, 1.54) is 0 Å². The number of piperazine rings is 1. The molecule has 1 saturated heterocycles. The van der Waals surface area contributed by atoms with E-state index in [0.29, 0.717) is 12.5 Å². The lowest BCUT2D eigenvalue weighted by Crippen LogP contribution is -2.47. The first-order valence-electron chi connectivity index (χ1n) is 9.47. The number of unbranched alkanes of at least 4 members (excludes halogenated alkanes) is 1. The van der Waals surface area contributed by atoms with Crippen molar-refractivity contribution < 1.29 is 4.74 Å². The number of benzene rings is 1. The van der Waals surface area contributed by atoms with Gasteiger partial charge in [0.2, 0.25) is 11.8 Å². The molecule has 0 spiro atoms. The highest BCUT2D eigenvalue weighted by Gasteiger charge is 2.18. The van der Waals surface area contributed by atoms with Crippen molar-refractivity contribution in [2.24, 2.45) is 0 Å². The van der Waals surface area contributed by atoms with E-state index >= 15 is 0 Å². The van der Waals surface area contributed by atoms with E-state index in [9.17, 15) is 0 Å². The van der Waals surface area contributed by atoms with Crippen molar-refractivity contribution in [2.75, 3.05) is 44.2 Å². The third kappa shape index (κ3) is 4.68. The maximum Gasteiger partial charge on any atom is 0.232 e. The van der Waals surface area contributed by atoms with E-state index in [1.54, 1.807) is 18.6 Å². The van der Waals surface area contributed by atoms with Crippen LogP contribution < -0.4 is 9.64 Å². The summed E-state index contributed by atoms with van der Waals surface area (Å²) in [7, 11) is 0. The number of hydrogen-bond acceptors (Lipinski definition) is 7. The fourth-order valence-corrected chi connectivity index (χ4v) is 3.25. The van der Waals surface area contributed by atoms with Crippen molar-refractivity contribution in [1.82, 2.24) is 24.8 Å². The molecule has 27 heavy (non-hydrogen) atoms. The van der Waals surface area contributed by atoms with Gasteiger partial charge in [0.05, 0.1) is 23.8 Å². The molecule has 140 valence electrons. The third-order valence-corrected chi connectivity index (χ3v) is 4.75. The molecule has 0 N–H and O–H groups in total. The normalized spacial score (nSPS) is 15.2. The fourth-order valence-electron chi connectivity index (χ4n) is 3.25. The van der Waals surface area contributed by atoms with Gasteiger partial charge in [-0.15, -0.1) is 0 Å². The molecule has 3 aromatic rings. The van der Waals surface area contributed by atoms with Gasteiger partial charge in [-0.3, -0.25) is 4.90 Å². The lowest BCUT2D eigenvalue weighted by Gasteiger charge is -2.34. The number of aromatic nitrogens is 4. The Kier molecular flexibility index (Phi) is 5.69. The Morgan fingerprint density at radius 2 is 1.63 bits per heavy atom. The van der Waals surface area contributed by atoms with Crippen molar-refractivity contribution in [3.05, 3.63) is 48.9 Å². The van der Waals surface area contributed by atoms with Crippen molar-refractivity contribution in [1.29, 1.82) is 0 Å². The van der Waals surface area contributed by atoms with Gasteiger partial charge < -0.3 is 9.64 Å².